The minimum absolute atomic E-state index is 0.0465. The number of ether oxygens (including phenoxy) is 2. The van der Waals surface area contributed by atoms with Gasteiger partial charge in [-0.15, -0.1) is 11.3 Å². The number of ketones is 1. The maximum atomic E-state index is 12.1. The molecule has 0 N–H and O–H groups in total. The van der Waals surface area contributed by atoms with E-state index in [1.807, 2.05) is 12.1 Å². The molecule has 2 rings (SSSR count). The molecular weight excluding hydrogens is 236 g/mol. The highest BCUT2D eigenvalue weighted by Gasteiger charge is 2.26. The molecule has 1 fully saturated rings. The van der Waals surface area contributed by atoms with Crippen molar-refractivity contribution in [2.45, 2.75) is 32.3 Å². The average molecular weight is 254 g/mol. The number of carbonyl (C=O) groups is 1. The minimum Gasteiger partial charge on any atom is -0.376 e. The van der Waals surface area contributed by atoms with Crippen LogP contribution in [-0.2, 0) is 14.9 Å². The average Bonchev–Trinajstić information content (AvgIpc) is 2.78. The van der Waals surface area contributed by atoms with Gasteiger partial charge in [-0.1, -0.05) is 20.8 Å². The first-order valence-corrected chi connectivity index (χ1v) is 6.64. The van der Waals surface area contributed by atoms with Gasteiger partial charge in [-0.25, -0.2) is 0 Å². The second-order valence-electron chi connectivity index (χ2n) is 5.21. The lowest BCUT2D eigenvalue weighted by Crippen LogP contribution is -2.35. The van der Waals surface area contributed by atoms with Gasteiger partial charge in [0.1, 0.15) is 6.10 Å². The predicted molar refractivity (Wildman–Crippen MR) is 67.9 cm³/mol. The monoisotopic (exact) mass is 254 g/mol. The van der Waals surface area contributed by atoms with Crippen molar-refractivity contribution >= 4 is 17.1 Å². The molecule has 1 unspecified atom stereocenters. The summed E-state index contributed by atoms with van der Waals surface area (Å²) in [6, 6.07) is 3.92. The summed E-state index contributed by atoms with van der Waals surface area (Å²) in [4.78, 5) is 14.1. The fourth-order valence-electron chi connectivity index (χ4n) is 1.67. The van der Waals surface area contributed by atoms with Gasteiger partial charge in [-0.05, 0) is 17.5 Å². The zero-order valence-corrected chi connectivity index (χ0v) is 11.3. The zero-order valence-electron chi connectivity index (χ0n) is 10.5. The Morgan fingerprint density at radius 1 is 1.35 bits per heavy atom. The molecule has 17 heavy (non-hydrogen) atoms. The molecule has 0 saturated carbocycles. The maximum Gasteiger partial charge on any atom is 0.203 e. The lowest BCUT2D eigenvalue weighted by atomic mass is 9.95. The third-order valence-corrected chi connectivity index (χ3v) is 4.22. The third kappa shape index (κ3) is 2.94. The van der Waals surface area contributed by atoms with Crippen LogP contribution in [0.3, 0.4) is 0 Å². The Balaban J connectivity index is 2.11. The molecule has 0 amide bonds. The van der Waals surface area contributed by atoms with Crippen molar-refractivity contribution in [1.82, 2.24) is 0 Å². The van der Waals surface area contributed by atoms with Crippen molar-refractivity contribution in [3.63, 3.8) is 0 Å². The van der Waals surface area contributed by atoms with Crippen LogP contribution in [0.5, 0.6) is 0 Å². The van der Waals surface area contributed by atoms with Crippen LogP contribution in [0, 0.1) is 0 Å². The summed E-state index contributed by atoms with van der Waals surface area (Å²) < 4.78 is 10.7. The predicted octanol–water partition coefficient (Wildman–Crippen LogP) is 2.64. The van der Waals surface area contributed by atoms with E-state index in [1.165, 1.54) is 4.88 Å². The van der Waals surface area contributed by atoms with E-state index < -0.39 is 6.10 Å². The highest BCUT2D eigenvalue weighted by Crippen LogP contribution is 2.30. The van der Waals surface area contributed by atoms with Gasteiger partial charge in [-0.2, -0.15) is 0 Å². The number of rotatable bonds is 2. The molecule has 1 atom stereocenters. The van der Waals surface area contributed by atoms with Crippen LogP contribution in [0.2, 0.25) is 0 Å². The first-order valence-electron chi connectivity index (χ1n) is 5.82. The zero-order chi connectivity index (χ0) is 12.5. The normalized spacial score (nSPS) is 21.5. The van der Waals surface area contributed by atoms with Crippen molar-refractivity contribution in [1.29, 1.82) is 0 Å². The second kappa shape index (κ2) is 4.88. The van der Waals surface area contributed by atoms with Gasteiger partial charge in [0, 0.05) is 4.88 Å². The first kappa shape index (κ1) is 12.7. The van der Waals surface area contributed by atoms with Gasteiger partial charge in [-0.3, -0.25) is 4.79 Å². The van der Waals surface area contributed by atoms with E-state index in [0.717, 1.165) is 4.88 Å². The van der Waals surface area contributed by atoms with Crippen LogP contribution < -0.4 is 0 Å². The maximum absolute atomic E-state index is 12.1. The Labute approximate surface area is 106 Å². The summed E-state index contributed by atoms with van der Waals surface area (Å²) >= 11 is 1.56. The van der Waals surface area contributed by atoms with Crippen molar-refractivity contribution in [2.24, 2.45) is 0 Å². The molecule has 4 heteroatoms. The fraction of sp³-hybridized carbons (Fsp3) is 0.615. The van der Waals surface area contributed by atoms with E-state index in [2.05, 4.69) is 20.8 Å². The summed E-state index contributed by atoms with van der Waals surface area (Å²) in [6.07, 6.45) is -0.421. The van der Waals surface area contributed by atoms with Crippen LogP contribution in [0.1, 0.15) is 35.3 Å². The van der Waals surface area contributed by atoms with Gasteiger partial charge < -0.3 is 9.47 Å². The number of carbonyl (C=O) groups excluding carboxylic acids is 1. The van der Waals surface area contributed by atoms with Crippen molar-refractivity contribution < 1.29 is 14.3 Å². The van der Waals surface area contributed by atoms with Crippen molar-refractivity contribution in [3.05, 3.63) is 21.9 Å². The van der Waals surface area contributed by atoms with E-state index >= 15 is 0 Å². The Hall–Kier alpha value is -0.710. The molecule has 94 valence electrons. The number of thiophene rings is 1. The topological polar surface area (TPSA) is 35.5 Å². The Bertz CT molecular complexity index is 397. The van der Waals surface area contributed by atoms with E-state index in [-0.39, 0.29) is 11.2 Å². The molecule has 3 nitrogen and oxygen atoms in total. The number of hydrogen-bond donors (Lipinski definition) is 0. The van der Waals surface area contributed by atoms with Crippen LogP contribution in [0.15, 0.2) is 12.1 Å². The molecule has 0 bridgehead atoms. The largest absolute Gasteiger partial charge is 0.376 e. The lowest BCUT2D eigenvalue weighted by Gasteiger charge is -2.21. The molecule has 1 aromatic rings. The fourth-order valence-corrected chi connectivity index (χ4v) is 2.72. The van der Waals surface area contributed by atoms with Crippen LogP contribution >= 0.6 is 11.3 Å². The van der Waals surface area contributed by atoms with Crippen molar-refractivity contribution in [2.75, 3.05) is 19.8 Å². The summed E-state index contributed by atoms with van der Waals surface area (Å²) in [5, 5.41) is 0. The molecule has 2 heterocycles. The molecule has 1 aliphatic heterocycles. The molecular formula is C13H18O3S. The smallest absolute Gasteiger partial charge is 0.203 e. The number of hydrogen-bond acceptors (Lipinski definition) is 4. The summed E-state index contributed by atoms with van der Waals surface area (Å²) in [6.45, 7) is 7.91. The molecule has 0 radical (unpaired) electrons. The third-order valence-electron chi connectivity index (χ3n) is 2.70. The second-order valence-corrected chi connectivity index (χ2v) is 6.30. The standard InChI is InChI=1S/C13H18O3S/c1-13(2,3)11-5-4-10(17-11)12(14)9-8-15-6-7-16-9/h4-5,9H,6-8H2,1-3H3. The van der Waals surface area contributed by atoms with E-state index in [4.69, 9.17) is 9.47 Å². The summed E-state index contributed by atoms with van der Waals surface area (Å²) in [5.74, 6) is 0.0465. The summed E-state index contributed by atoms with van der Waals surface area (Å²) in [7, 11) is 0. The van der Waals surface area contributed by atoms with Gasteiger partial charge in [0.15, 0.2) is 0 Å². The molecule has 0 aromatic carbocycles. The van der Waals surface area contributed by atoms with Gasteiger partial charge >= 0.3 is 0 Å². The highest BCUT2D eigenvalue weighted by atomic mass is 32.1. The molecule has 1 saturated heterocycles. The Kier molecular flexibility index (Phi) is 3.66. The van der Waals surface area contributed by atoms with Crippen LogP contribution in [0.4, 0.5) is 0 Å². The Morgan fingerprint density at radius 2 is 2.12 bits per heavy atom. The van der Waals surface area contributed by atoms with Crippen molar-refractivity contribution in [3.8, 4) is 0 Å². The SMILES string of the molecule is CC(C)(C)c1ccc(C(=O)C2COCCO2)s1. The summed E-state index contributed by atoms with van der Waals surface area (Å²) in [5.41, 5.74) is 0.0904. The lowest BCUT2D eigenvalue weighted by molar-refractivity contribution is -0.0717. The molecule has 1 aromatic heterocycles. The molecule has 0 aliphatic carbocycles. The quantitative estimate of drug-likeness (QED) is 0.761. The van der Waals surface area contributed by atoms with Gasteiger partial charge in [0.25, 0.3) is 0 Å². The first-order chi connectivity index (χ1) is 7.98. The van der Waals surface area contributed by atoms with Gasteiger partial charge in [0.2, 0.25) is 5.78 Å². The Morgan fingerprint density at radius 3 is 2.65 bits per heavy atom. The minimum atomic E-state index is -0.421. The van der Waals surface area contributed by atoms with Gasteiger partial charge in [0.05, 0.1) is 24.7 Å². The molecule has 0 spiro atoms. The van der Waals surface area contributed by atoms with E-state index in [9.17, 15) is 4.79 Å². The van der Waals surface area contributed by atoms with E-state index in [1.54, 1.807) is 11.3 Å². The van der Waals surface area contributed by atoms with Crippen LogP contribution in [0.25, 0.3) is 0 Å². The van der Waals surface area contributed by atoms with Crippen LogP contribution in [-0.4, -0.2) is 31.7 Å². The molecule has 1 aliphatic rings. The highest BCUT2D eigenvalue weighted by molar-refractivity contribution is 7.14. The number of Topliss-reactive ketones (excluding diaryl/α,β-unsaturated/α-hetero) is 1. The van der Waals surface area contributed by atoms with E-state index in [0.29, 0.717) is 19.8 Å².